The van der Waals surface area contributed by atoms with E-state index in [1.54, 1.807) is 0 Å². The number of hydrogen-bond acceptors (Lipinski definition) is 7. The summed E-state index contributed by atoms with van der Waals surface area (Å²) in [5.74, 6) is 1.55. The lowest BCUT2D eigenvalue weighted by molar-refractivity contribution is 0.218. The number of rotatable bonds is 9. The van der Waals surface area contributed by atoms with E-state index >= 15 is 0 Å². The molecule has 0 N–H and O–H groups in total. The van der Waals surface area contributed by atoms with E-state index < -0.39 is 7.60 Å². The maximum absolute atomic E-state index is 12.9. The van der Waals surface area contributed by atoms with Crippen LogP contribution in [0.3, 0.4) is 0 Å². The molecule has 0 spiro atoms. The lowest BCUT2D eigenvalue weighted by Crippen LogP contribution is -2.23. The van der Waals surface area contributed by atoms with Gasteiger partial charge in [-0.3, -0.25) is 9.25 Å². The highest BCUT2D eigenvalue weighted by Crippen LogP contribution is 2.50. The number of nitrogens with zero attached hydrogens (tertiary/aromatic N) is 4. The van der Waals surface area contributed by atoms with Gasteiger partial charge in [0.25, 0.3) is 5.89 Å². The van der Waals surface area contributed by atoms with Gasteiger partial charge in [0, 0.05) is 23.9 Å². The van der Waals surface area contributed by atoms with Gasteiger partial charge in [-0.2, -0.15) is 10.1 Å². The number of aromatic nitrogens is 4. The monoisotopic (exact) mass is 502 g/mol. The van der Waals surface area contributed by atoms with Gasteiger partial charge >= 0.3 is 7.60 Å². The molecule has 2 aromatic rings. The average Bonchev–Trinajstić information content (AvgIpc) is 3.38. The van der Waals surface area contributed by atoms with Gasteiger partial charge in [0.1, 0.15) is 0 Å². The van der Waals surface area contributed by atoms with Crippen LogP contribution in [0.2, 0.25) is 0 Å². The topological polar surface area (TPSA) is 92.3 Å². The molecule has 2 heterocycles. The zero-order chi connectivity index (χ0) is 25.4. The van der Waals surface area contributed by atoms with Crippen molar-refractivity contribution >= 4 is 13.2 Å². The molecule has 0 amide bonds. The van der Waals surface area contributed by atoms with E-state index in [2.05, 4.69) is 45.0 Å². The standard InChI is InChI=1S/C26H39N4O4P/c1-8-32-35(31,33-9-2)13-11-20-17(3)14-19(15-18(20)4)24-27-25(34-29-24)23-21-10-12-26(5,6)16-22(21)30(7)28-23/h14-15,17,20H,8-13,16H2,1-7H3. The van der Waals surface area contributed by atoms with Crippen LogP contribution < -0.4 is 0 Å². The Morgan fingerprint density at radius 3 is 2.63 bits per heavy atom. The van der Waals surface area contributed by atoms with Crippen LogP contribution in [0.4, 0.5) is 0 Å². The first-order chi connectivity index (χ1) is 16.6. The molecule has 0 bridgehead atoms. The van der Waals surface area contributed by atoms with Crippen molar-refractivity contribution in [2.75, 3.05) is 19.4 Å². The van der Waals surface area contributed by atoms with Crippen LogP contribution in [0.15, 0.2) is 22.2 Å². The first kappa shape index (κ1) is 26.1. The highest BCUT2D eigenvalue weighted by molar-refractivity contribution is 7.53. The number of hydrogen-bond donors (Lipinski definition) is 0. The second kappa shape index (κ2) is 10.2. The van der Waals surface area contributed by atoms with Crippen molar-refractivity contribution in [3.8, 4) is 11.6 Å². The summed E-state index contributed by atoms with van der Waals surface area (Å²) < 4.78 is 31.5. The van der Waals surface area contributed by atoms with Crippen molar-refractivity contribution in [2.24, 2.45) is 24.3 Å². The number of aryl methyl sites for hydroxylation is 1. The van der Waals surface area contributed by atoms with Gasteiger partial charge < -0.3 is 13.6 Å². The molecule has 0 aliphatic heterocycles. The Morgan fingerprint density at radius 1 is 1.26 bits per heavy atom. The second-order valence-corrected chi connectivity index (χ2v) is 12.8. The molecule has 0 saturated heterocycles. The van der Waals surface area contributed by atoms with Gasteiger partial charge in [-0.25, -0.2) is 0 Å². The molecule has 9 heteroatoms. The Labute approximate surface area is 208 Å². The van der Waals surface area contributed by atoms with E-state index in [1.165, 1.54) is 16.8 Å². The van der Waals surface area contributed by atoms with Crippen LogP contribution in [-0.4, -0.2) is 39.3 Å². The Morgan fingerprint density at radius 2 is 1.97 bits per heavy atom. The van der Waals surface area contributed by atoms with Crippen molar-refractivity contribution in [1.29, 1.82) is 0 Å². The van der Waals surface area contributed by atoms with E-state index in [0.717, 1.165) is 37.0 Å². The second-order valence-electron chi connectivity index (χ2n) is 10.6. The average molecular weight is 503 g/mol. The van der Waals surface area contributed by atoms with Crippen LogP contribution in [0, 0.1) is 17.3 Å². The predicted octanol–water partition coefficient (Wildman–Crippen LogP) is 6.24. The van der Waals surface area contributed by atoms with Gasteiger partial charge in [-0.05, 0) is 63.7 Å². The largest absolute Gasteiger partial charge is 0.332 e. The summed E-state index contributed by atoms with van der Waals surface area (Å²) in [6, 6.07) is 0. The van der Waals surface area contributed by atoms with Crippen molar-refractivity contribution in [3.63, 3.8) is 0 Å². The Balaban J connectivity index is 1.51. The van der Waals surface area contributed by atoms with Crippen molar-refractivity contribution < 1.29 is 18.1 Å². The van der Waals surface area contributed by atoms with Crippen LogP contribution in [0.25, 0.3) is 17.2 Å². The fourth-order valence-corrected chi connectivity index (χ4v) is 7.12. The molecular formula is C26H39N4O4P. The summed E-state index contributed by atoms with van der Waals surface area (Å²) in [6.07, 6.45) is 8.52. The van der Waals surface area contributed by atoms with Gasteiger partial charge in [0.2, 0.25) is 5.82 Å². The fraction of sp³-hybridized carbons (Fsp3) is 0.654. The zero-order valence-electron chi connectivity index (χ0n) is 22.1. The molecule has 2 aliphatic carbocycles. The first-order valence-electron chi connectivity index (χ1n) is 12.7. The molecule has 8 nitrogen and oxygen atoms in total. The summed E-state index contributed by atoms with van der Waals surface area (Å²) in [4.78, 5) is 4.74. The maximum atomic E-state index is 12.9. The molecule has 0 radical (unpaired) electrons. The lowest BCUT2D eigenvalue weighted by Gasteiger charge is -2.29. The van der Waals surface area contributed by atoms with Gasteiger partial charge in [-0.1, -0.05) is 43.7 Å². The Bertz CT molecular complexity index is 1170. The quantitative estimate of drug-likeness (QED) is 0.375. The smallest absolute Gasteiger partial charge is 0.330 e. The van der Waals surface area contributed by atoms with Gasteiger partial charge in [0.05, 0.1) is 19.4 Å². The van der Waals surface area contributed by atoms with E-state index in [-0.39, 0.29) is 17.3 Å². The molecule has 0 saturated carbocycles. The lowest BCUT2D eigenvalue weighted by atomic mass is 9.76. The third kappa shape index (κ3) is 5.55. The molecule has 0 fully saturated rings. The summed E-state index contributed by atoms with van der Waals surface area (Å²) in [5.41, 5.74) is 5.73. The van der Waals surface area contributed by atoms with E-state index in [0.29, 0.717) is 31.1 Å². The zero-order valence-corrected chi connectivity index (χ0v) is 23.0. The van der Waals surface area contributed by atoms with Crippen LogP contribution >= 0.6 is 7.60 Å². The Kier molecular flexibility index (Phi) is 7.56. The summed E-state index contributed by atoms with van der Waals surface area (Å²) >= 11 is 0. The Hall–Kier alpha value is -2.02. The third-order valence-corrected chi connectivity index (χ3v) is 9.38. The van der Waals surface area contributed by atoms with E-state index in [1.807, 2.05) is 25.6 Å². The van der Waals surface area contributed by atoms with E-state index in [9.17, 15) is 4.57 Å². The first-order valence-corrected chi connectivity index (χ1v) is 14.5. The predicted molar refractivity (Wildman–Crippen MR) is 137 cm³/mol. The number of fused-ring (bicyclic) bond motifs is 1. The minimum absolute atomic E-state index is 0.235. The summed E-state index contributed by atoms with van der Waals surface area (Å²) in [6.45, 7) is 13.3. The molecule has 2 unspecified atom stereocenters. The fourth-order valence-electron chi connectivity index (χ4n) is 5.40. The SMILES string of the molecule is CCOP(=O)(CCC1C(C)=CC(c2noc(-c3nn(C)c4c3CCC(C)(C)C4)n2)=CC1C)OCC. The van der Waals surface area contributed by atoms with Gasteiger partial charge in [0.15, 0.2) is 5.69 Å². The molecular weight excluding hydrogens is 463 g/mol. The van der Waals surface area contributed by atoms with Crippen LogP contribution in [0.1, 0.15) is 71.5 Å². The highest BCUT2D eigenvalue weighted by atomic mass is 31.2. The molecule has 192 valence electrons. The highest BCUT2D eigenvalue weighted by Gasteiger charge is 2.33. The molecule has 2 aromatic heterocycles. The summed E-state index contributed by atoms with van der Waals surface area (Å²) in [7, 11) is -1.06. The van der Waals surface area contributed by atoms with Crippen molar-refractivity contribution in [3.05, 3.63) is 34.8 Å². The maximum Gasteiger partial charge on any atom is 0.330 e. The van der Waals surface area contributed by atoms with Crippen molar-refractivity contribution in [1.82, 2.24) is 19.9 Å². The third-order valence-electron chi connectivity index (χ3n) is 7.27. The normalized spacial score (nSPS) is 22.0. The molecule has 4 rings (SSSR count). The van der Waals surface area contributed by atoms with E-state index in [4.69, 9.17) is 23.7 Å². The van der Waals surface area contributed by atoms with Gasteiger partial charge in [-0.15, -0.1) is 0 Å². The van der Waals surface area contributed by atoms with Crippen LogP contribution in [-0.2, 0) is 33.5 Å². The molecule has 2 atom stereocenters. The summed E-state index contributed by atoms with van der Waals surface area (Å²) in [5, 5.41) is 9.04. The molecule has 2 aliphatic rings. The van der Waals surface area contributed by atoms with Crippen LogP contribution in [0.5, 0.6) is 0 Å². The van der Waals surface area contributed by atoms with Crippen molar-refractivity contribution in [2.45, 2.75) is 67.2 Å². The number of allylic oxidation sites excluding steroid dienone is 4. The minimum atomic E-state index is -3.06. The minimum Gasteiger partial charge on any atom is -0.332 e. The molecule has 35 heavy (non-hydrogen) atoms. The molecule has 0 aromatic carbocycles.